The molecule has 3 aromatic carbocycles. The van der Waals surface area contributed by atoms with Gasteiger partial charge in [-0.2, -0.15) is 0 Å². The quantitative estimate of drug-likeness (QED) is 0.560. The third-order valence-electron chi connectivity index (χ3n) is 5.98. The van der Waals surface area contributed by atoms with Gasteiger partial charge >= 0.3 is 0 Å². The molecule has 0 spiro atoms. The maximum Gasteiger partial charge on any atom is 0.119 e. The topological polar surface area (TPSA) is 61.7 Å². The van der Waals surface area contributed by atoms with E-state index >= 15 is 0 Å². The zero-order chi connectivity index (χ0) is 20.8. The maximum atomic E-state index is 11.2. The fourth-order valence-corrected chi connectivity index (χ4v) is 4.14. The van der Waals surface area contributed by atoms with Crippen LogP contribution in [0.5, 0.6) is 5.75 Å². The van der Waals surface area contributed by atoms with E-state index in [0.29, 0.717) is 32.5 Å². The van der Waals surface area contributed by atoms with Crippen molar-refractivity contribution in [2.45, 2.75) is 37.1 Å². The summed E-state index contributed by atoms with van der Waals surface area (Å²) >= 11 is 0. The summed E-state index contributed by atoms with van der Waals surface area (Å²) in [4.78, 5) is 0. The molecule has 4 heteroatoms. The Hall–Kier alpha value is -2.66. The third-order valence-corrected chi connectivity index (χ3v) is 5.98. The predicted octanol–water partition coefficient (Wildman–Crippen LogP) is 3.87. The van der Waals surface area contributed by atoms with E-state index in [0.717, 1.165) is 22.4 Å². The highest BCUT2D eigenvalue weighted by Crippen LogP contribution is 2.37. The maximum absolute atomic E-state index is 11.2. The van der Waals surface area contributed by atoms with Gasteiger partial charge in [0.15, 0.2) is 0 Å². The zero-order valence-electron chi connectivity index (χ0n) is 17.1. The molecule has 0 radical (unpaired) electrons. The Labute approximate surface area is 178 Å². The number of rotatable bonds is 7. The van der Waals surface area contributed by atoms with Gasteiger partial charge in [-0.25, -0.2) is 0 Å². The minimum atomic E-state index is -1.10. The Bertz CT molecular complexity index is 914. The molecule has 4 rings (SSSR count). The van der Waals surface area contributed by atoms with E-state index in [1.807, 2.05) is 60.7 Å². The number of hydrogen-bond donors (Lipinski definition) is 3. The van der Waals surface area contributed by atoms with E-state index in [4.69, 9.17) is 4.74 Å². The normalized spacial score (nSPS) is 22.4. The number of nitrogens with one attached hydrogen (secondary N) is 1. The smallest absolute Gasteiger partial charge is 0.119 e. The minimum absolute atomic E-state index is 0.00729. The van der Waals surface area contributed by atoms with Gasteiger partial charge in [0, 0.05) is 12.5 Å². The molecular weight excluding hydrogens is 374 g/mol. The molecular formula is C26H29NO3. The highest BCUT2D eigenvalue weighted by Gasteiger charge is 2.40. The van der Waals surface area contributed by atoms with E-state index in [2.05, 4.69) is 29.6 Å². The van der Waals surface area contributed by atoms with Crippen LogP contribution in [-0.2, 0) is 6.61 Å². The van der Waals surface area contributed by atoms with Gasteiger partial charge in [0.2, 0.25) is 0 Å². The first-order chi connectivity index (χ1) is 14.6. The standard InChI is InChI=1S/C26H29NO3/c28-25-18-27-16-15-26(25,29)17-24(21-9-5-2-6-10-21)22-11-13-23(14-12-22)30-19-20-7-3-1-4-8-20/h1-14,24-25,27-29H,15-19H2/t24?,25-,26+/m0/s1. The van der Waals surface area contributed by atoms with Crippen LogP contribution >= 0.6 is 0 Å². The average molecular weight is 404 g/mol. The second-order valence-corrected chi connectivity index (χ2v) is 8.08. The highest BCUT2D eigenvalue weighted by atomic mass is 16.5. The van der Waals surface area contributed by atoms with E-state index in [-0.39, 0.29) is 5.92 Å². The van der Waals surface area contributed by atoms with Crippen molar-refractivity contribution in [3.63, 3.8) is 0 Å². The molecule has 0 aromatic heterocycles. The molecule has 1 heterocycles. The molecule has 1 aliphatic rings. The van der Waals surface area contributed by atoms with Gasteiger partial charge < -0.3 is 20.3 Å². The van der Waals surface area contributed by atoms with Crippen molar-refractivity contribution >= 4 is 0 Å². The second kappa shape index (κ2) is 9.43. The molecule has 3 atom stereocenters. The van der Waals surface area contributed by atoms with Crippen LogP contribution in [0.1, 0.15) is 35.4 Å². The zero-order valence-corrected chi connectivity index (χ0v) is 17.1. The molecule has 30 heavy (non-hydrogen) atoms. The van der Waals surface area contributed by atoms with E-state index in [9.17, 15) is 10.2 Å². The van der Waals surface area contributed by atoms with Gasteiger partial charge in [0.05, 0.1) is 11.7 Å². The highest BCUT2D eigenvalue weighted by molar-refractivity contribution is 5.37. The molecule has 0 amide bonds. The molecule has 1 unspecified atom stereocenters. The molecule has 1 fully saturated rings. The van der Waals surface area contributed by atoms with Crippen molar-refractivity contribution in [1.82, 2.24) is 5.32 Å². The monoisotopic (exact) mass is 403 g/mol. The number of aliphatic hydroxyl groups excluding tert-OH is 1. The third kappa shape index (κ3) is 4.90. The molecule has 3 N–H and O–H groups in total. The van der Waals surface area contributed by atoms with E-state index < -0.39 is 11.7 Å². The fourth-order valence-electron chi connectivity index (χ4n) is 4.14. The lowest BCUT2D eigenvalue weighted by Gasteiger charge is -2.40. The average Bonchev–Trinajstić information content (AvgIpc) is 2.80. The largest absolute Gasteiger partial charge is 0.489 e. The number of aliphatic hydroxyl groups is 2. The van der Waals surface area contributed by atoms with Gasteiger partial charge in [-0.05, 0) is 48.2 Å². The summed E-state index contributed by atoms with van der Waals surface area (Å²) in [5, 5.41) is 24.8. The molecule has 4 nitrogen and oxygen atoms in total. The lowest BCUT2D eigenvalue weighted by Crippen LogP contribution is -2.54. The molecule has 0 aliphatic carbocycles. The predicted molar refractivity (Wildman–Crippen MR) is 119 cm³/mol. The number of benzene rings is 3. The number of piperidine rings is 1. The van der Waals surface area contributed by atoms with Crippen molar-refractivity contribution < 1.29 is 14.9 Å². The molecule has 156 valence electrons. The molecule has 0 saturated carbocycles. The first kappa shape index (κ1) is 20.6. The van der Waals surface area contributed by atoms with Crippen LogP contribution in [0.3, 0.4) is 0 Å². The Kier molecular flexibility index (Phi) is 6.48. The number of β-amino-alcohol motifs (C(OH)–C–C–N with tert-alkyl or cyclic N) is 1. The Morgan fingerprint density at radius 3 is 2.20 bits per heavy atom. The molecule has 3 aromatic rings. The summed E-state index contributed by atoms with van der Waals surface area (Å²) in [6, 6.07) is 28.4. The van der Waals surface area contributed by atoms with Gasteiger partial charge in [0.25, 0.3) is 0 Å². The van der Waals surface area contributed by atoms with Crippen molar-refractivity contribution in [3.05, 3.63) is 102 Å². The fraction of sp³-hybridized carbons (Fsp3) is 0.308. The molecule has 0 bridgehead atoms. The van der Waals surface area contributed by atoms with Crippen molar-refractivity contribution in [3.8, 4) is 5.75 Å². The van der Waals surface area contributed by atoms with Gasteiger partial charge in [0.1, 0.15) is 12.4 Å². The second-order valence-electron chi connectivity index (χ2n) is 8.08. The summed E-state index contributed by atoms with van der Waals surface area (Å²) < 4.78 is 5.92. The lowest BCUT2D eigenvalue weighted by molar-refractivity contribution is -0.0987. The van der Waals surface area contributed by atoms with Crippen LogP contribution in [0.4, 0.5) is 0 Å². The van der Waals surface area contributed by atoms with Crippen LogP contribution in [-0.4, -0.2) is 35.0 Å². The van der Waals surface area contributed by atoms with Crippen LogP contribution in [0, 0.1) is 0 Å². The van der Waals surface area contributed by atoms with Crippen molar-refractivity contribution in [1.29, 1.82) is 0 Å². The number of hydrogen-bond acceptors (Lipinski definition) is 4. The Balaban J connectivity index is 1.53. The molecule has 1 aliphatic heterocycles. The lowest BCUT2D eigenvalue weighted by atomic mass is 9.76. The molecule has 1 saturated heterocycles. The first-order valence-electron chi connectivity index (χ1n) is 10.6. The van der Waals surface area contributed by atoms with Crippen LogP contribution in [0.2, 0.25) is 0 Å². The van der Waals surface area contributed by atoms with Crippen LogP contribution in [0.15, 0.2) is 84.9 Å². The Morgan fingerprint density at radius 1 is 0.900 bits per heavy atom. The van der Waals surface area contributed by atoms with Crippen LogP contribution in [0.25, 0.3) is 0 Å². The van der Waals surface area contributed by atoms with E-state index in [1.165, 1.54) is 0 Å². The summed E-state index contributed by atoms with van der Waals surface area (Å²) in [7, 11) is 0. The minimum Gasteiger partial charge on any atom is -0.489 e. The van der Waals surface area contributed by atoms with Gasteiger partial charge in [-0.1, -0.05) is 72.8 Å². The van der Waals surface area contributed by atoms with E-state index in [1.54, 1.807) is 0 Å². The Morgan fingerprint density at radius 2 is 1.53 bits per heavy atom. The summed E-state index contributed by atoms with van der Waals surface area (Å²) in [6.07, 6.45) is 0.241. The van der Waals surface area contributed by atoms with Crippen molar-refractivity contribution in [2.24, 2.45) is 0 Å². The first-order valence-corrected chi connectivity index (χ1v) is 10.6. The van der Waals surface area contributed by atoms with Gasteiger partial charge in [-0.15, -0.1) is 0 Å². The van der Waals surface area contributed by atoms with Crippen LogP contribution < -0.4 is 10.1 Å². The SMILES string of the molecule is O[C@H]1CNCC[C@@]1(O)CC(c1ccccc1)c1ccc(OCc2ccccc2)cc1. The number of ether oxygens (including phenoxy) is 1. The summed E-state index contributed by atoms with van der Waals surface area (Å²) in [5.74, 6) is 0.808. The van der Waals surface area contributed by atoms with Gasteiger partial charge in [-0.3, -0.25) is 0 Å². The van der Waals surface area contributed by atoms with Crippen molar-refractivity contribution in [2.75, 3.05) is 13.1 Å². The summed E-state index contributed by atoms with van der Waals surface area (Å²) in [6.45, 7) is 1.66. The summed E-state index contributed by atoms with van der Waals surface area (Å²) in [5.41, 5.74) is 2.27.